The third-order valence-corrected chi connectivity index (χ3v) is 3.64. The highest BCUT2D eigenvalue weighted by Gasteiger charge is 2.19. The molecule has 0 aromatic carbocycles. The molecule has 5 nitrogen and oxygen atoms in total. The van der Waals surface area contributed by atoms with Crippen LogP contribution in [-0.4, -0.2) is 9.78 Å². The monoisotopic (exact) mass is 276 g/mol. The maximum atomic E-state index is 5.74. The van der Waals surface area contributed by atoms with Crippen molar-refractivity contribution in [2.75, 3.05) is 0 Å². The molecular weight excluding hydrogens is 252 g/mol. The first-order valence-electron chi connectivity index (χ1n) is 7.17. The molecule has 20 heavy (non-hydrogen) atoms. The molecule has 2 aromatic rings. The summed E-state index contributed by atoms with van der Waals surface area (Å²) in [5.41, 5.74) is 6.34. The van der Waals surface area contributed by atoms with Gasteiger partial charge in [0.05, 0.1) is 11.7 Å². The first-order valence-corrected chi connectivity index (χ1v) is 7.17. The lowest BCUT2D eigenvalue weighted by atomic mass is 10.0. The molecule has 0 aliphatic heterocycles. The van der Waals surface area contributed by atoms with E-state index in [0.717, 1.165) is 42.2 Å². The molecule has 2 rings (SSSR count). The van der Waals surface area contributed by atoms with E-state index >= 15 is 0 Å². The average molecular weight is 276 g/mol. The summed E-state index contributed by atoms with van der Waals surface area (Å²) in [5, 5.41) is 4.58. The van der Waals surface area contributed by atoms with Crippen LogP contribution < -0.4 is 11.3 Å². The van der Waals surface area contributed by atoms with E-state index < -0.39 is 0 Å². The number of aromatic nitrogens is 2. The second-order valence-corrected chi connectivity index (χ2v) is 5.09. The van der Waals surface area contributed by atoms with Crippen LogP contribution in [-0.2, 0) is 19.4 Å². The number of rotatable bonds is 6. The first-order chi connectivity index (χ1) is 9.58. The van der Waals surface area contributed by atoms with Crippen molar-refractivity contribution in [3.8, 4) is 0 Å². The minimum Gasteiger partial charge on any atom is -0.466 e. The van der Waals surface area contributed by atoms with Crippen LogP contribution >= 0.6 is 0 Å². The molecule has 0 fully saturated rings. The summed E-state index contributed by atoms with van der Waals surface area (Å²) in [6.07, 6.45) is 1.75. The van der Waals surface area contributed by atoms with Gasteiger partial charge >= 0.3 is 0 Å². The molecule has 5 heteroatoms. The van der Waals surface area contributed by atoms with E-state index in [9.17, 15) is 0 Å². The Hall–Kier alpha value is -1.59. The SMILES string of the molecule is CCc1cc(CC(NN)c2cc(C)oc2C)n(CC)n1. The molecule has 1 unspecified atom stereocenters. The van der Waals surface area contributed by atoms with Gasteiger partial charge in [0.25, 0.3) is 0 Å². The van der Waals surface area contributed by atoms with Crippen molar-refractivity contribution in [2.45, 2.75) is 53.1 Å². The van der Waals surface area contributed by atoms with Gasteiger partial charge in [0, 0.05) is 24.2 Å². The number of nitrogens with zero attached hydrogens (tertiary/aromatic N) is 2. The van der Waals surface area contributed by atoms with Gasteiger partial charge in [0.2, 0.25) is 0 Å². The van der Waals surface area contributed by atoms with E-state index in [4.69, 9.17) is 10.3 Å². The van der Waals surface area contributed by atoms with E-state index in [0.29, 0.717) is 0 Å². The average Bonchev–Trinajstić information content (AvgIpc) is 2.98. The third kappa shape index (κ3) is 2.94. The number of nitrogens with one attached hydrogen (secondary N) is 1. The number of hydrogen-bond donors (Lipinski definition) is 2. The zero-order valence-electron chi connectivity index (χ0n) is 12.7. The summed E-state index contributed by atoms with van der Waals surface area (Å²) in [7, 11) is 0. The van der Waals surface area contributed by atoms with Crippen molar-refractivity contribution in [3.05, 3.63) is 40.6 Å². The van der Waals surface area contributed by atoms with Crippen LogP contribution in [0.4, 0.5) is 0 Å². The molecule has 0 aliphatic carbocycles. The largest absolute Gasteiger partial charge is 0.466 e. The Morgan fingerprint density at radius 3 is 2.60 bits per heavy atom. The Balaban J connectivity index is 2.26. The lowest BCUT2D eigenvalue weighted by Crippen LogP contribution is -2.30. The number of furan rings is 1. The fraction of sp³-hybridized carbons (Fsp3) is 0.533. The lowest BCUT2D eigenvalue weighted by molar-refractivity contribution is 0.477. The zero-order valence-corrected chi connectivity index (χ0v) is 12.7. The van der Waals surface area contributed by atoms with Gasteiger partial charge in [-0.1, -0.05) is 6.92 Å². The molecule has 0 saturated heterocycles. The van der Waals surface area contributed by atoms with E-state index in [1.54, 1.807) is 0 Å². The Bertz CT molecular complexity index is 570. The van der Waals surface area contributed by atoms with E-state index in [1.807, 2.05) is 24.6 Å². The van der Waals surface area contributed by atoms with Gasteiger partial charge in [-0.15, -0.1) is 0 Å². The van der Waals surface area contributed by atoms with Gasteiger partial charge in [-0.25, -0.2) is 0 Å². The highest BCUT2D eigenvalue weighted by atomic mass is 16.3. The molecule has 2 heterocycles. The highest BCUT2D eigenvalue weighted by molar-refractivity contribution is 5.26. The molecule has 0 radical (unpaired) electrons. The van der Waals surface area contributed by atoms with Gasteiger partial charge in [0.1, 0.15) is 11.5 Å². The fourth-order valence-electron chi connectivity index (χ4n) is 2.59. The van der Waals surface area contributed by atoms with Crippen molar-refractivity contribution in [3.63, 3.8) is 0 Å². The second kappa shape index (κ2) is 6.24. The number of hydrazine groups is 1. The predicted molar refractivity (Wildman–Crippen MR) is 79.2 cm³/mol. The van der Waals surface area contributed by atoms with E-state index in [-0.39, 0.29) is 6.04 Å². The van der Waals surface area contributed by atoms with Crippen LogP contribution in [0.15, 0.2) is 16.5 Å². The standard InChI is InChI=1S/C15H24N4O/c1-5-12-8-13(19(6-2)18-12)9-15(17-16)14-7-10(3)20-11(14)4/h7-8,15,17H,5-6,9,16H2,1-4H3. The number of nitrogens with two attached hydrogens (primary N) is 1. The van der Waals surface area contributed by atoms with Gasteiger partial charge in [-0.3, -0.25) is 16.0 Å². The first kappa shape index (κ1) is 14.8. The molecule has 0 aliphatic rings. The minimum absolute atomic E-state index is 0.0409. The molecule has 0 saturated carbocycles. The minimum atomic E-state index is 0.0409. The van der Waals surface area contributed by atoms with Crippen molar-refractivity contribution in [1.82, 2.24) is 15.2 Å². The van der Waals surface area contributed by atoms with Crippen molar-refractivity contribution < 1.29 is 4.42 Å². The predicted octanol–water partition coefficient (Wildman–Crippen LogP) is 2.42. The van der Waals surface area contributed by atoms with Crippen molar-refractivity contribution >= 4 is 0 Å². The summed E-state index contributed by atoms with van der Waals surface area (Å²) in [6.45, 7) is 9.02. The molecule has 0 spiro atoms. The van der Waals surface area contributed by atoms with Crippen molar-refractivity contribution in [2.24, 2.45) is 5.84 Å². The van der Waals surface area contributed by atoms with Gasteiger partial charge in [-0.2, -0.15) is 5.10 Å². The molecule has 1 atom stereocenters. The Labute approximate surface area is 120 Å². The third-order valence-electron chi connectivity index (χ3n) is 3.64. The summed E-state index contributed by atoms with van der Waals surface area (Å²) in [4.78, 5) is 0. The van der Waals surface area contributed by atoms with Crippen molar-refractivity contribution in [1.29, 1.82) is 0 Å². The van der Waals surface area contributed by atoms with Crippen LogP contribution in [0.2, 0.25) is 0 Å². The number of aryl methyl sites for hydroxylation is 4. The normalized spacial score (nSPS) is 12.8. The molecule has 2 aromatic heterocycles. The quantitative estimate of drug-likeness (QED) is 0.628. The van der Waals surface area contributed by atoms with E-state index in [1.165, 1.54) is 5.69 Å². The topological polar surface area (TPSA) is 69.0 Å². The Kier molecular flexibility index (Phi) is 4.62. The summed E-state index contributed by atoms with van der Waals surface area (Å²) in [5.74, 6) is 7.57. The summed E-state index contributed by atoms with van der Waals surface area (Å²) >= 11 is 0. The summed E-state index contributed by atoms with van der Waals surface area (Å²) in [6, 6.07) is 4.25. The van der Waals surface area contributed by atoms with E-state index in [2.05, 4.69) is 30.4 Å². The van der Waals surface area contributed by atoms with Crippen LogP contribution in [0.25, 0.3) is 0 Å². The van der Waals surface area contributed by atoms with Crippen LogP contribution in [0.5, 0.6) is 0 Å². The zero-order chi connectivity index (χ0) is 14.7. The molecular formula is C15H24N4O. The van der Waals surface area contributed by atoms with Gasteiger partial charge in [-0.05, 0) is 39.3 Å². The number of hydrogen-bond acceptors (Lipinski definition) is 4. The molecule has 3 N–H and O–H groups in total. The van der Waals surface area contributed by atoms with Gasteiger partial charge in [0.15, 0.2) is 0 Å². The Morgan fingerprint density at radius 1 is 1.35 bits per heavy atom. The Morgan fingerprint density at radius 2 is 2.10 bits per heavy atom. The van der Waals surface area contributed by atoms with Crippen LogP contribution in [0.3, 0.4) is 0 Å². The summed E-state index contributed by atoms with van der Waals surface area (Å²) < 4.78 is 7.65. The fourth-order valence-corrected chi connectivity index (χ4v) is 2.59. The maximum Gasteiger partial charge on any atom is 0.105 e. The lowest BCUT2D eigenvalue weighted by Gasteiger charge is -2.15. The molecule has 0 bridgehead atoms. The molecule has 110 valence electrons. The van der Waals surface area contributed by atoms with Crippen LogP contribution in [0, 0.1) is 13.8 Å². The molecule has 0 amide bonds. The smallest absolute Gasteiger partial charge is 0.105 e. The second-order valence-electron chi connectivity index (χ2n) is 5.09. The highest BCUT2D eigenvalue weighted by Crippen LogP contribution is 2.24. The maximum absolute atomic E-state index is 5.74. The van der Waals surface area contributed by atoms with Gasteiger partial charge < -0.3 is 4.42 Å². The van der Waals surface area contributed by atoms with Crippen LogP contribution in [0.1, 0.15) is 48.4 Å².